The van der Waals surface area contributed by atoms with Crippen molar-refractivity contribution >= 4 is 30.1 Å². The average Bonchev–Trinajstić information content (AvgIpc) is 0.918. The van der Waals surface area contributed by atoms with Gasteiger partial charge >= 0.3 is 29.0 Å². The van der Waals surface area contributed by atoms with Crippen LogP contribution in [0.2, 0.25) is 0 Å². The summed E-state index contributed by atoms with van der Waals surface area (Å²) in [7, 11) is 0. The first kappa shape index (κ1) is 8.82. The van der Waals surface area contributed by atoms with E-state index in [0.717, 1.165) is 0 Å². The van der Waals surface area contributed by atoms with Crippen LogP contribution in [0, 0.1) is 0 Å². The predicted molar refractivity (Wildman–Crippen MR) is 23.2 cm³/mol. The molecule has 0 amide bonds. The van der Waals surface area contributed by atoms with Crippen LogP contribution in [0.3, 0.4) is 0 Å². The van der Waals surface area contributed by atoms with Crippen molar-refractivity contribution < 1.29 is 0 Å². The molecule has 0 N–H and O–H groups in total. The van der Waals surface area contributed by atoms with Gasteiger partial charge in [0.2, 0.25) is 0 Å². The number of hydrogen-bond donors (Lipinski definition) is 0. The monoisotopic (exact) mass is 70.0 g/mol. The molecule has 0 atom stereocenters. The topological polar surface area (TPSA) is 0 Å². The van der Waals surface area contributed by atoms with Gasteiger partial charge in [-0.25, -0.2) is 0 Å². The van der Waals surface area contributed by atoms with E-state index in [1.165, 1.54) is 0 Å². The molecular weight excluding hydrogens is 66.4 g/mol. The molecule has 0 fully saturated rings. The molecule has 0 saturated carbocycles. The zero-order valence-electron chi connectivity index (χ0n) is 2.69. The molecular formula is C2H4ClLi. The Morgan fingerprint density at radius 3 is 1.75 bits per heavy atom. The van der Waals surface area contributed by atoms with Crippen LogP contribution < -0.4 is 0 Å². The van der Waals surface area contributed by atoms with Gasteiger partial charge in [0.1, 0.15) is 0 Å². The first-order chi connectivity index (χ1) is 1.41. The van der Waals surface area contributed by atoms with Crippen LogP contribution in [0.4, 0.5) is 0 Å². The maximum atomic E-state index is 3.36. The van der Waals surface area contributed by atoms with Crippen LogP contribution in [-0.2, 0) is 0 Å². The van der Waals surface area contributed by atoms with Gasteiger partial charge in [0.25, 0.3) is 0 Å². The van der Waals surface area contributed by atoms with Gasteiger partial charge in [0.05, 0.1) is 0 Å². The zero-order valence-corrected chi connectivity index (χ0v) is 3.51. The fraction of sp³-hybridized carbons (Fsp3) is 0. The van der Waals surface area contributed by atoms with Crippen LogP contribution in [-0.4, -0.2) is 17.7 Å². The normalized spacial score (nSPS) is 3.50. The zero-order chi connectivity index (χ0) is 2.71. The van der Waals surface area contributed by atoms with Crippen molar-refractivity contribution in [2.24, 2.45) is 0 Å². The number of halogens is 1. The van der Waals surface area contributed by atoms with Crippen LogP contribution in [0.25, 0.3) is 0 Å². The van der Waals surface area contributed by atoms with Gasteiger partial charge in [-0.05, 0) is 0 Å². The van der Waals surface area contributed by atoms with E-state index < -0.39 is 0 Å². The molecule has 0 aromatic carbocycles. The fourth-order valence-electron chi connectivity index (χ4n) is 0. The van der Waals surface area contributed by atoms with E-state index in [4.69, 9.17) is 0 Å². The van der Waals surface area contributed by atoms with E-state index in [0.29, 0.717) is 0 Å². The van der Waals surface area contributed by atoms with Crippen molar-refractivity contribution in [1.29, 1.82) is 0 Å². The molecule has 0 heterocycles. The predicted octanol–water partition coefficient (Wildman–Crippen LogP) is 0.720. The van der Waals surface area contributed by atoms with Crippen LogP contribution in [0.5, 0.6) is 0 Å². The molecule has 4 heavy (non-hydrogen) atoms. The third kappa shape index (κ3) is 17.7. The SMILES string of the molecule is Cl.[Li][CH]=C. The van der Waals surface area contributed by atoms with E-state index in [1.807, 2.05) is 17.7 Å². The third-order valence-corrected chi connectivity index (χ3v) is 0. The molecule has 0 aliphatic heterocycles. The Balaban J connectivity index is 0. The van der Waals surface area contributed by atoms with E-state index >= 15 is 0 Å². The van der Waals surface area contributed by atoms with Crippen molar-refractivity contribution in [1.82, 2.24) is 0 Å². The summed E-state index contributed by atoms with van der Waals surface area (Å²) in [4.78, 5) is 0. The van der Waals surface area contributed by atoms with E-state index in [1.54, 1.807) is 4.75 Å². The minimum atomic E-state index is 0. The first-order valence-electron chi connectivity index (χ1n) is 0.986. The maximum absolute atomic E-state index is 3.36. The second kappa shape index (κ2) is 9.45. The van der Waals surface area contributed by atoms with Gasteiger partial charge in [-0.2, -0.15) is 0 Å². The van der Waals surface area contributed by atoms with Gasteiger partial charge in [0, 0.05) is 0 Å². The summed E-state index contributed by atoms with van der Waals surface area (Å²) in [6.45, 7) is 3.36. The van der Waals surface area contributed by atoms with Gasteiger partial charge in [-0.15, -0.1) is 12.4 Å². The molecule has 0 aromatic heterocycles. The summed E-state index contributed by atoms with van der Waals surface area (Å²) in [5, 5.41) is 0. The van der Waals surface area contributed by atoms with Gasteiger partial charge in [-0.1, -0.05) is 0 Å². The molecule has 0 rings (SSSR count). The van der Waals surface area contributed by atoms with E-state index in [-0.39, 0.29) is 12.4 Å². The molecule has 0 aliphatic rings. The summed E-state index contributed by atoms with van der Waals surface area (Å²) < 4.78 is 1.75. The van der Waals surface area contributed by atoms with Crippen molar-refractivity contribution in [3.8, 4) is 0 Å². The van der Waals surface area contributed by atoms with Crippen molar-refractivity contribution in [2.45, 2.75) is 0 Å². The Labute approximate surface area is 41.9 Å². The van der Waals surface area contributed by atoms with E-state index in [9.17, 15) is 0 Å². The fourth-order valence-corrected chi connectivity index (χ4v) is 0. The quantitative estimate of drug-likeness (QED) is 0.369. The number of rotatable bonds is 0. The van der Waals surface area contributed by atoms with Crippen molar-refractivity contribution in [3.05, 3.63) is 11.3 Å². The molecule has 0 radical (unpaired) electrons. The first-order valence-corrected chi connectivity index (χ1v) is 0.986. The van der Waals surface area contributed by atoms with Gasteiger partial charge in [0.15, 0.2) is 0 Å². The second-order valence-electron chi connectivity index (χ2n) is 0.408. The standard InChI is InChI=1S/C2H3.ClH.Li/c1-2;;/h1H,2H2;1H;. The Hall–Kier alpha value is 0.627. The third-order valence-electron chi connectivity index (χ3n) is 0. The Bertz CT molecular complexity index is 13.5. The Kier molecular flexibility index (Phi) is 20.8. The van der Waals surface area contributed by atoms with E-state index in [2.05, 4.69) is 6.58 Å². The molecule has 0 aliphatic carbocycles. The molecule has 0 unspecified atom stereocenters. The molecule has 0 spiro atoms. The Morgan fingerprint density at radius 2 is 1.75 bits per heavy atom. The second-order valence-corrected chi connectivity index (χ2v) is 0.408. The summed E-state index contributed by atoms with van der Waals surface area (Å²) in [6.07, 6.45) is 0. The molecule has 20 valence electrons. The molecule has 0 aromatic rings. The minimum absolute atomic E-state index is 0. The van der Waals surface area contributed by atoms with Crippen molar-refractivity contribution in [2.75, 3.05) is 0 Å². The van der Waals surface area contributed by atoms with Crippen LogP contribution in [0.1, 0.15) is 0 Å². The summed E-state index contributed by atoms with van der Waals surface area (Å²) in [6, 6.07) is 0. The molecule has 2 heteroatoms. The summed E-state index contributed by atoms with van der Waals surface area (Å²) in [5.74, 6) is 0. The molecule has 0 nitrogen and oxygen atoms in total. The summed E-state index contributed by atoms with van der Waals surface area (Å²) in [5.41, 5.74) is 0. The average molecular weight is 70.4 g/mol. The van der Waals surface area contributed by atoms with Crippen molar-refractivity contribution in [3.63, 3.8) is 0 Å². The molecule has 0 bridgehead atoms. The van der Waals surface area contributed by atoms with Gasteiger partial charge in [-0.3, -0.25) is 0 Å². The number of hydrogen-bond acceptors (Lipinski definition) is 0. The molecule has 0 saturated heterocycles. The van der Waals surface area contributed by atoms with Gasteiger partial charge < -0.3 is 0 Å². The Morgan fingerprint density at radius 1 is 1.75 bits per heavy atom. The van der Waals surface area contributed by atoms with Crippen LogP contribution >= 0.6 is 12.4 Å². The summed E-state index contributed by atoms with van der Waals surface area (Å²) >= 11 is 1.89. The van der Waals surface area contributed by atoms with Crippen LogP contribution in [0.15, 0.2) is 11.3 Å².